The van der Waals surface area contributed by atoms with Crippen LogP contribution in [0.4, 0.5) is 0 Å². The first-order valence-corrected chi connectivity index (χ1v) is 6.10. The third-order valence-corrected chi connectivity index (χ3v) is 3.30. The topological polar surface area (TPSA) is 33.6 Å². The van der Waals surface area contributed by atoms with E-state index in [0.717, 1.165) is 18.3 Å². The summed E-state index contributed by atoms with van der Waals surface area (Å²) in [5, 5.41) is 5.14. The highest BCUT2D eigenvalue weighted by atomic mass is 32.2. The van der Waals surface area contributed by atoms with Gasteiger partial charge in [0.1, 0.15) is 0 Å². The zero-order valence-electron chi connectivity index (χ0n) is 9.25. The lowest BCUT2D eigenvalue weighted by atomic mass is 10.2. The van der Waals surface area contributed by atoms with E-state index < -0.39 is 0 Å². The number of rotatable bonds is 5. The average Bonchev–Trinajstić information content (AvgIpc) is 2.53. The van der Waals surface area contributed by atoms with Crippen molar-refractivity contribution in [2.24, 2.45) is 4.99 Å². The van der Waals surface area contributed by atoms with Crippen LogP contribution in [0.3, 0.4) is 0 Å². The Morgan fingerprint density at radius 1 is 1.71 bits per heavy atom. The van der Waals surface area contributed by atoms with Gasteiger partial charge in [-0.1, -0.05) is 25.1 Å². The number of hydrogen-bond acceptors (Lipinski definition) is 4. The monoisotopic (exact) mass is 216 g/mol. The van der Waals surface area contributed by atoms with Crippen LogP contribution in [0.15, 0.2) is 4.99 Å². The van der Waals surface area contributed by atoms with Gasteiger partial charge in [-0.05, 0) is 13.3 Å². The minimum Gasteiger partial charge on any atom is -0.383 e. The maximum atomic E-state index is 5.06. The zero-order chi connectivity index (χ0) is 10.4. The van der Waals surface area contributed by atoms with Crippen molar-refractivity contribution in [2.75, 3.05) is 20.3 Å². The SMILES string of the molecule is CCCC1CN=C(NC(C)COC)S1. The second-order valence-corrected chi connectivity index (χ2v) is 4.96. The summed E-state index contributed by atoms with van der Waals surface area (Å²) in [5.74, 6) is 0. The van der Waals surface area contributed by atoms with Gasteiger partial charge in [-0.25, -0.2) is 0 Å². The van der Waals surface area contributed by atoms with E-state index in [0.29, 0.717) is 11.3 Å². The number of amidine groups is 1. The van der Waals surface area contributed by atoms with Gasteiger partial charge in [0.15, 0.2) is 5.17 Å². The second kappa shape index (κ2) is 6.30. The average molecular weight is 216 g/mol. The summed E-state index contributed by atoms with van der Waals surface area (Å²) < 4.78 is 5.06. The summed E-state index contributed by atoms with van der Waals surface area (Å²) >= 11 is 1.87. The van der Waals surface area contributed by atoms with Crippen LogP contribution < -0.4 is 5.32 Å². The molecule has 0 saturated carbocycles. The standard InChI is InChI=1S/C10H20N2OS/c1-4-5-9-6-11-10(14-9)12-8(2)7-13-3/h8-9H,4-7H2,1-3H3,(H,11,12). The molecule has 14 heavy (non-hydrogen) atoms. The summed E-state index contributed by atoms with van der Waals surface area (Å²) in [6.07, 6.45) is 2.51. The number of thioether (sulfide) groups is 1. The number of nitrogens with one attached hydrogen (secondary N) is 1. The molecule has 1 N–H and O–H groups in total. The van der Waals surface area contributed by atoms with E-state index in [9.17, 15) is 0 Å². The Labute approximate surface area is 90.7 Å². The molecule has 0 bridgehead atoms. The van der Waals surface area contributed by atoms with E-state index in [1.807, 2.05) is 11.8 Å². The van der Waals surface area contributed by atoms with Crippen LogP contribution in [0, 0.1) is 0 Å². The van der Waals surface area contributed by atoms with Gasteiger partial charge >= 0.3 is 0 Å². The number of ether oxygens (including phenoxy) is 1. The Kier molecular flexibility index (Phi) is 5.33. The zero-order valence-corrected chi connectivity index (χ0v) is 10.1. The minimum atomic E-state index is 0.353. The van der Waals surface area contributed by atoms with Gasteiger partial charge in [0, 0.05) is 18.4 Å². The molecule has 1 heterocycles. The molecule has 0 aliphatic carbocycles. The predicted octanol–water partition coefficient (Wildman–Crippen LogP) is 1.88. The van der Waals surface area contributed by atoms with Crippen LogP contribution in [0.1, 0.15) is 26.7 Å². The Morgan fingerprint density at radius 3 is 3.14 bits per heavy atom. The lowest BCUT2D eigenvalue weighted by molar-refractivity contribution is 0.179. The van der Waals surface area contributed by atoms with Gasteiger partial charge in [-0.15, -0.1) is 0 Å². The van der Waals surface area contributed by atoms with Gasteiger partial charge in [-0.3, -0.25) is 4.99 Å². The van der Waals surface area contributed by atoms with Gasteiger partial charge in [0.25, 0.3) is 0 Å². The molecule has 0 aromatic carbocycles. The van der Waals surface area contributed by atoms with Crippen molar-refractivity contribution >= 4 is 16.9 Å². The molecule has 0 saturated heterocycles. The fourth-order valence-electron chi connectivity index (χ4n) is 1.47. The Hall–Kier alpha value is -0.220. The van der Waals surface area contributed by atoms with Crippen molar-refractivity contribution in [3.63, 3.8) is 0 Å². The van der Waals surface area contributed by atoms with Gasteiger partial charge in [0.2, 0.25) is 0 Å². The molecule has 0 amide bonds. The molecule has 0 spiro atoms. The van der Waals surface area contributed by atoms with Crippen LogP contribution in [0.5, 0.6) is 0 Å². The van der Waals surface area contributed by atoms with Crippen LogP contribution in [0.2, 0.25) is 0 Å². The van der Waals surface area contributed by atoms with E-state index in [2.05, 4.69) is 24.2 Å². The highest BCUT2D eigenvalue weighted by Crippen LogP contribution is 2.23. The molecular weight excluding hydrogens is 196 g/mol. The van der Waals surface area contributed by atoms with Gasteiger partial charge in [-0.2, -0.15) is 0 Å². The summed E-state index contributed by atoms with van der Waals surface area (Å²) in [6, 6.07) is 0.353. The number of hydrogen-bond donors (Lipinski definition) is 1. The van der Waals surface area contributed by atoms with Crippen molar-refractivity contribution in [3.05, 3.63) is 0 Å². The Balaban J connectivity index is 2.21. The molecule has 2 unspecified atom stereocenters. The van der Waals surface area contributed by atoms with E-state index in [1.165, 1.54) is 12.8 Å². The van der Waals surface area contributed by atoms with E-state index >= 15 is 0 Å². The molecule has 0 aromatic rings. The minimum absolute atomic E-state index is 0.353. The fourth-order valence-corrected chi connectivity index (χ4v) is 2.71. The molecule has 0 aromatic heterocycles. The summed E-state index contributed by atoms with van der Waals surface area (Å²) in [6.45, 7) is 6.04. The first-order chi connectivity index (χ1) is 6.76. The molecule has 0 fully saturated rings. The molecule has 2 atom stereocenters. The highest BCUT2D eigenvalue weighted by molar-refractivity contribution is 8.14. The normalized spacial score (nSPS) is 23.4. The van der Waals surface area contributed by atoms with E-state index in [-0.39, 0.29) is 0 Å². The third-order valence-electron chi connectivity index (χ3n) is 2.11. The smallest absolute Gasteiger partial charge is 0.157 e. The van der Waals surface area contributed by atoms with Crippen molar-refractivity contribution in [3.8, 4) is 0 Å². The maximum Gasteiger partial charge on any atom is 0.157 e. The lowest BCUT2D eigenvalue weighted by Gasteiger charge is -2.13. The largest absolute Gasteiger partial charge is 0.383 e. The quantitative estimate of drug-likeness (QED) is 0.762. The van der Waals surface area contributed by atoms with Crippen molar-refractivity contribution in [1.82, 2.24) is 5.32 Å². The predicted molar refractivity (Wildman–Crippen MR) is 63.1 cm³/mol. The molecule has 0 radical (unpaired) electrons. The van der Waals surface area contributed by atoms with Crippen LogP contribution in [0.25, 0.3) is 0 Å². The van der Waals surface area contributed by atoms with Crippen molar-refractivity contribution < 1.29 is 4.74 Å². The molecule has 1 aliphatic heterocycles. The fraction of sp³-hybridized carbons (Fsp3) is 0.900. The molecule has 82 valence electrons. The first-order valence-electron chi connectivity index (χ1n) is 5.22. The Morgan fingerprint density at radius 2 is 2.50 bits per heavy atom. The van der Waals surface area contributed by atoms with Crippen LogP contribution in [-0.4, -0.2) is 36.7 Å². The number of aliphatic imine (C=N–C) groups is 1. The lowest BCUT2D eigenvalue weighted by Crippen LogP contribution is -2.33. The Bertz CT molecular complexity index is 197. The van der Waals surface area contributed by atoms with Crippen LogP contribution in [-0.2, 0) is 4.74 Å². The summed E-state index contributed by atoms with van der Waals surface area (Å²) in [4.78, 5) is 4.47. The number of nitrogens with zero attached hydrogens (tertiary/aromatic N) is 1. The van der Waals surface area contributed by atoms with E-state index in [4.69, 9.17) is 4.74 Å². The van der Waals surface area contributed by atoms with Crippen molar-refractivity contribution in [2.45, 2.75) is 38.0 Å². The van der Waals surface area contributed by atoms with E-state index in [1.54, 1.807) is 7.11 Å². The first kappa shape index (κ1) is 11.9. The van der Waals surface area contributed by atoms with Gasteiger partial charge < -0.3 is 10.1 Å². The molecule has 1 rings (SSSR count). The molecular formula is C10H20N2OS. The van der Waals surface area contributed by atoms with Crippen molar-refractivity contribution in [1.29, 1.82) is 0 Å². The third kappa shape index (κ3) is 3.88. The molecule has 4 heteroatoms. The molecule has 3 nitrogen and oxygen atoms in total. The summed E-state index contributed by atoms with van der Waals surface area (Å²) in [7, 11) is 1.72. The van der Waals surface area contributed by atoms with Gasteiger partial charge in [0.05, 0.1) is 13.2 Å². The van der Waals surface area contributed by atoms with Crippen LogP contribution >= 0.6 is 11.8 Å². The maximum absolute atomic E-state index is 5.06. The molecule has 1 aliphatic rings. The highest BCUT2D eigenvalue weighted by Gasteiger charge is 2.19. The summed E-state index contributed by atoms with van der Waals surface area (Å²) in [5.41, 5.74) is 0. The second-order valence-electron chi connectivity index (χ2n) is 3.68. The number of methoxy groups -OCH3 is 1.